The van der Waals surface area contributed by atoms with Crippen LogP contribution < -0.4 is 0 Å². The molecule has 1 radical (unpaired) electrons. The minimum atomic E-state index is 0.761. The van der Waals surface area contributed by atoms with Crippen molar-refractivity contribution in [2.45, 2.75) is 6.54 Å². The Balaban J connectivity index is 2.15. The number of aromatic nitrogens is 2. The Bertz CT molecular complexity index is 417. The van der Waals surface area contributed by atoms with Crippen molar-refractivity contribution in [1.29, 1.82) is 0 Å². The Labute approximate surface area is 88.2 Å². The fourth-order valence-electron chi connectivity index (χ4n) is 1.29. The Hall–Kier alpha value is -1.28. The van der Waals surface area contributed by atoms with Crippen LogP contribution in [-0.2, 0) is 6.54 Å². The average Bonchev–Trinajstić information content (AvgIpc) is 2.56. The highest BCUT2D eigenvalue weighted by Gasteiger charge is 1.96. The maximum Gasteiger partial charge on any atom is 0.0952 e. The predicted molar refractivity (Wildman–Crippen MR) is 57.2 cm³/mol. The third-order valence-electron chi connectivity index (χ3n) is 1.97. The van der Waals surface area contributed by atoms with E-state index in [9.17, 15) is 0 Å². The molecule has 0 saturated carbocycles. The van der Waals surface area contributed by atoms with Gasteiger partial charge in [0.15, 0.2) is 0 Å². The molecule has 2 nitrogen and oxygen atoms in total. The van der Waals surface area contributed by atoms with Crippen LogP contribution in [0, 0.1) is 6.92 Å². The second-order valence-electron chi connectivity index (χ2n) is 3.16. The number of rotatable bonds is 2. The summed E-state index contributed by atoms with van der Waals surface area (Å²) < 4.78 is 1.99. The summed E-state index contributed by atoms with van der Waals surface area (Å²) in [5.74, 6) is 0. The lowest BCUT2D eigenvalue weighted by atomic mass is 10.2. The third kappa shape index (κ3) is 2.15. The number of hydrogen-bond acceptors (Lipinski definition) is 1. The van der Waals surface area contributed by atoms with Crippen LogP contribution in [-0.4, -0.2) is 9.55 Å². The van der Waals surface area contributed by atoms with Gasteiger partial charge < -0.3 is 4.57 Å². The van der Waals surface area contributed by atoms with E-state index in [0.717, 1.165) is 17.3 Å². The van der Waals surface area contributed by atoms with Crippen molar-refractivity contribution in [2.24, 2.45) is 0 Å². The second-order valence-corrected chi connectivity index (χ2v) is 3.60. The Morgan fingerprint density at radius 3 is 2.57 bits per heavy atom. The van der Waals surface area contributed by atoms with E-state index < -0.39 is 0 Å². The molecule has 1 aromatic heterocycles. The molecule has 3 heteroatoms. The van der Waals surface area contributed by atoms with Crippen LogP contribution in [0.2, 0.25) is 5.02 Å². The number of halogens is 1. The van der Waals surface area contributed by atoms with Gasteiger partial charge in [0.1, 0.15) is 0 Å². The molecule has 1 heterocycles. The van der Waals surface area contributed by atoms with Gasteiger partial charge in [0.05, 0.1) is 12.0 Å². The van der Waals surface area contributed by atoms with Gasteiger partial charge in [0.25, 0.3) is 0 Å². The van der Waals surface area contributed by atoms with Gasteiger partial charge in [-0.1, -0.05) is 23.7 Å². The Morgan fingerprint density at radius 1 is 1.29 bits per heavy atom. The minimum absolute atomic E-state index is 0.761. The zero-order chi connectivity index (χ0) is 9.97. The van der Waals surface area contributed by atoms with Crippen LogP contribution in [0.1, 0.15) is 11.3 Å². The van der Waals surface area contributed by atoms with Crippen LogP contribution in [0.25, 0.3) is 0 Å². The smallest absolute Gasteiger partial charge is 0.0952 e. The van der Waals surface area contributed by atoms with E-state index in [0.29, 0.717) is 0 Å². The number of benzene rings is 1. The molecule has 0 aliphatic heterocycles. The molecular formula is C11H10ClN2. The molecule has 0 atom stereocenters. The van der Waals surface area contributed by atoms with Crippen LogP contribution in [0.5, 0.6) is 0 Å². The summed E-state index contributed by atoms with van der Waals surface area (Å²) in [6.45, 7) is 4.55. The lowest BCUT2D eigenvalue weighted by Crippen LogP contribution is -1.95. The monoisotopic (exact) mass is 205 g/mol. The largest absolute Gasteiger partial charge is 0.333 e. The van der Waals surface area contributed by atoms with E-state index in [1.165, 1.54) is 5.56 Å². The van der Waals surface area contributed by atoms with Crippen molar-refractivity contribution in [2.75, 3.05) is 0 Å². The van der Waals surface area contributed by atoms with Crippen LogP contribution in [0.3, 0.4) is 0 Å². The van der Waals surface area contributed by atoms with Crippen molar-refractivity contribution < 1.29 is 0 Å². The normalized spacial score (nSPS) is 10.4. The van der Waals surface area contributed by atoms with E-state index in [4.69, 9.17) is 11.6 Å². The first kappa shape index (κ1) is 9.28. The van der Waals surface area contributed by atoms with Crippen molar-refractivity contribution in [3.8, 4) is 0 Å². The van der Waals surface area contributed by atoms with E-state index in [2.05, 4.69) is 11.9 Å². The summed E-state index contributed by atoms with van der Waals surface area (Å²) in [4.78, 5) is 4.06. The SMILES string of the molecule is [CH2]c1cn(Cc2ccc(Cl)cc2)cn1. The van der Waals surface area contributed by atoms with Gasteiger partial charge >= 0.3 is 0 Å². The van der Waals surface area contributed by atoms with Crippen molar-refractivity contribution >= 4 is 11.6 Å². The zero-order valence-corrected chi connectivity index (χ0v) is 8.41. The molecule has 0 aliphatic carbocycles. The Kier molecular flexibility index (Phi) is 2.55. The second kappa shape index (κ2) is 3.84. The lowest BCUT2D eigenvalue weighted by Gasteiger charge is -2.01. The molecule has 0 bridgehead atoms. The van der Waals surface area contributed by atoms with Crippen molar-refractivity contribution in [3.05, 3.63) is 60.0 Å². The van der Waals surface area contributed by atoms with Crippen molar-refractivity contribution in [3.63, 3.8) is 0 Å². The van der Waals surface area contributed by atoms with Gasteiger partial charge in [0.2, 0.25) is 0 Å². The summed E-state index contributed by atoms with van der Waals surface area (Å²) in [7, 11) is 0. The number of nitrogens with zero attached hydrogens (tertiary/aromatic N) is 2. The number of hydrogen-bond donors (Lipinski definition) is 0. The number of imidazole rings is 1. The first-order valence-corrected chi connectivity index (χ1v) is 4.70. The molecular weight excluding hydrogens is 196 g/mol. The van der Waals surface area contributed by atoms with Crippen LogP contribution in [0.15, 0.2) is 36.8 Å². The van der Waals surface area contributed by atoms with Gasteiger partial charge in [-0.05, 0) is 24.6 Å². The highest BCUT2D eigenvalue weighted by Crippen LogP contribution is 2.10. The minimum Gasteiger partial charge on any atom is -0.333 e. The third-order valence-corrected chi connectivity index (χ3v) is 2.22. The molecule has 2 rings (SSSR count). The molecule has 0 fully saturated rings. The summed E-state index contributed by atoms with van der Waals surface area (Å²) >= 11 is 5.79. The van der Waals surface area contributed by atoms with E-state index >= 15 is 0 Å². The molecule has 71 valence electrons. The fourth-order valence-corrected chi connectivity index (χ4v) is 1.42. The molecule has 0 aliphatic rings. The van der Waals surface area contributed by atoms with Gasteiger partial charge in [0, 0.05) is 17.8 Å². The van der Waals surface area contributed by atoms with Crippen LogP contribution in [0.4, 0.5) is 0 Å². The maximum atomic E-state index is 5.79. The summed E-state index contributed by atoms with van der Waals surface area (Å²) in [6, 6.07) is 7.79. The van der Waals surface area contributed by atoms with E-state index in [1.54, 1.807) is 6.33 Å². The van der Waals surface area contributed by atoms with Gasteiger partial charge in [-0.15, -0.1) is 0 Å². The quantitative estimate of drug-likeness (QED) is 0.737. The molecule has 14 heavy (non-hydrogen) atoms. The highest BCUT2D eigenvalue weighted by molar-refractivity contribution is 6.30. The summed E-state index contributed by atoms with van der Waals surface area (Å²) in [6.07, 6.45) is 3.69. The van der Waals surface area contributed by atoms with Gasteiger partial charge in [-0.3, -0.25) is 0 Å². The van der Waals surface area contributed by atoms with Gasteiger partial charge in [-0.2, -0.15) is 0 Å². The van der Waals surface area contributed by atoms with Gasteiger partial charge in [-0.25, -0.2) is 4.98 Å². The molecule has 0 N–H and O–H groups in total. The van der Waals surface area contributed by atoms with Crippen molar-refractivity contribution in [1.82, 2.24) is 9.55 Å². The topological polar surface area (TPSA) is 17.8 Å². The Morgan fingerprint density at radius 2 is 2.00 bits per heavy atom. The summed E-state index contributed by atoms with van der Waals surface area (Å²) in [5.41, 5.74) is 1.99. The first-order chi connectivity index (χ1) is 6.74. The zero-order valence-electron chi connectivity index (χ0n) is 7.65. The predicted octanol–water partition coefficient (Wildman–Crippen LogP) is 2.77. The maximum absolute atomic E-state index is 5.79. The summed E-state index contributed by atoms with van der Waals surface area (Å²) in [5, 5.41) is 0.761. The lowest BCUT2D eigenvalue weighted by molar-refractivity contribution is 0.797. The molecule has 0 spiro atoms. The first-order valence-electron chi connectivity index (χ1n) is 4.32. The molecule has 2 aromatic rings. The highest BCUT2D eigenvalue weighted by atomic mass is 35.5. The molecule has 0 saturated heterocycles. The fraction of sp³-hybridized carbons (Fsp3) is 0.0909. The van der Waals surface area contributed by atoms with E-state index in [1.807, 2.05) is 35.0 Å². The average molecular weight is 206 g/mol. The molecule has 0 amide bonds. The molecule has 1 aromatic carbocycles. The van der Waals surface area contributed by atoms with E-state index in [-0.39, 0.29) is 0 Å². The van der Waals surface area contributed by atoms with Crippen LogP contribution >= 0.6 is 11.6 Å². The molecule has 0 unspecified atom stereocenters. The standard InChI is InChI=1S/C11H10ClN2/c1-9-6-14(8-13-9)7-10-2-4-11(12)5-3-10/h2-6,8H,1,7H2.